The molecule has 0 saturated carbocycles. The van der Waals surface area contributed by atoms with Gasteiger partial charge in [0, 0.05) is 6.42 Å². The molecule has 2 nitrogen and oxygen atoms in total. The SMILES string of the molecule is CCCc1cc(OC2CCCCO2)c(F)cc1C. The maximum absolute atomic E-state index is 13.8. The molecule has 100 valence electrons. The molecule has 2 rings (SSSR count). The van der Waals surface area contributed by atoms with Crippen LogP contribution >= 0.6 is 0 Å². The molecule has 0 spiro atoms. The van der Waals surface area contributed by atoms with E-state index in [1.54, 1.807) is 6.07 Å². The van der Waals surface area contributed by atoms with E-state index in [4.69, 9.17) is 9.47 Å². The Hall–Kier alpha value is -1.09. The van der Waals surface area contributed by atoms with E-state index in [2.05, 4.69) is 6.92 Å². The van der Waals surface area contributed by atoms with E-state index in [9.17, 15) is 4.39 Å². The highest BCUT2D eigenvalue weighted by Gasteiger charge is 2.18. The fourth-order valence-electron chi connectivity index (χ4n) is 2.27. The summed E-state index contributed by atoms with van der Waals surface area (Å²) >= 11 is 0. The first-order chi connectivity index (χ1) is 8.70. The van der Waals surface area contributed by atoms with E-state index < -0.39 is 0 Å². The minimum atomic E-state index is -0.290. The van der Waals surface area contributed by atoms with Crippen molar-refractivity contribution in [1.82, 2.24) is 0 Å². The van der Waals surface area contributed by atoms with E-state index in [1.807, 2.05) is 13.0 Å². The molecule has 3 heteroatoms. The highest BCUT2D eigenvalue weighted by Crippen LogP contribution is 2.26. The molecule has 1 aromatic rings. The molecule has 0 aliphatic carbocycles. The lowest BCUT2D eigenvalue weighted by Crippen LogP contribution is -2.25. The maximum atomic E-state index is 13.8. The smallest absolute Gasteiger partial charge is 0.199 e. The van der Waals surface area contributed by atoms with E-state index >= 15 is 0 Å². The van der Waals surface area contributed by atoms with Crippen molar-refractivity contribution in [3.8, 4) is 5.75 Å². The molecule has 0 radical (unpaired) electrons. The zero-order valence-corrected chi connectivity index (χ0v) is 11.2. The standard InChI is InChI=1S/C15H21FO2/c1-3-6-12-10-14(13(16)9-11(12)2)18-15-7-4-5-8-17-15/h9-10,15H,3-8H2,1-2H3. The van der Waals surface area contributed by atoms with Crippen molar-refractivity contribution in [3.05, 3.63) is 29.1 Å². The van der Waals surface area contributed by atoms with Gasteiger partial charge in [0.15, 0.2) is 17.9 Å². The van der Waals surface area contributed by atoms with Crippen LogP contribution in [0.15, 0.2) is 12.1 Å². The van der Waals surface area contributed by atoms with E-state index in [0.29, 0.717) is 12.4 Å². The third-order valence-electron chi connectivity index (χ3n) is 3.31. The van der Waals surface area contributed by atoms with Crippen LogP contribution in [0.1, 0.15) is 43.7 Å². The van der Waals surface area contributed by atoms with Crippen molar-refractivity contribution in [3.63, 3.8) is 0 Å². The molecule has 1 aliphatic rings. The Morgan fingerprint density at radius 3 is 2.89 bits per heavy atom. The molecule has 1 fully saturated rings. The van der Waals surface area contributed by atoms with E-state index in [0.717, 1.165) is 43.2 Å². The third kappa shape index (κ3) is 3.22. The van der Waals surface area contributed by atoms with Crippen molar-refractivity contribution in [1.29, 1.82) is 0 Å². The predicted octanol–water partition coefficient (Wildman–Crippen LogP) is 3.99. The highest BCUT2D eigenvalue weighted by molar-refractivity contribution is 5.36. The second-order valence-electron chi connectivity index (χ2n) is 4.87. The van der Waals surface area contributed by atoms with Crippen LogP contribution < -0.4 is 4.74 Å². The predicted molar refractivity (Wildman–Crippen MR) is 69.4 cm³/mol. The molecule has 1 aromatic carbocycles. The number of rotatable bonds is 4. The normalized spacial score (nSPS) is 19.8. The molecule has 0 N–H and O–H groups in total. The highest BCUT2D eigenvalue weighted by atomic mass is 19.1. The summed E-state index contributed by atoms with van der Waals surface area (Å²) in [5.41, 5.74) is 2.15. The zero-order chi connectivity index (χ0) is 13.0. The van der Waals surface area contributed by atoms with Gasteiger partial charge in [0.2, 0.25) is 0 Å². The minimum Gasteiger partial charge on any atom is -0.462 e. The van der Waals surface area contributed by atoms with Gasteiger partial charge in [-0.2, -0.15) is 0 Å². The average Bonchev–Trinajstić information content (AvgIpc) is 2.37. The summed E-state index contributed by atoms with van der Waals surface area (Å²) in [6, 6.07) is 3.38. The quantitative estimate of drug-likeness (QED) is 0.806. The van der Waals surface area contributed by atoms with Gasteiger partial charge in [-0.1, -0.05) is 13.3 Å². The summed E-state index contributed by atoms with van der Waals surface area (Å²) < 4.78 is 25.0. The van der Waals surface area contributed by atoms with Gasteiger partial charge in [-0.15, -0.1) is 0 Å². The Labute approximate surface area is 108 Å². The monoisotopic (exact) mass is 252 g/mol. The number of hydrogen-bond acceptors (Lipinski definition) is 2. The number of ether oxygens (including phenoxy) is 2. The van der Waals surface area contributed by atoms with Crippen LogP contribution in [0.25, 0.3) is 0 Å². The van der Waals surface area contributed by atoms with Gasteiger partial charge in [0.1, 0.15) is 0 Å². The lowest BCUT2D eigenvalue weighted by Gasteiger charge is -2.24. The van der Waals surface area contributed by atoms with Crippen LogP contribution in [0.5, 0.6) is 5.75 Å². The number of hydrogen-bond donors (Lipinski definition) is 0. The number of halogens is 1. The maximum Gasteiger partial charge on any atom is 0.199 e. The van der Waals surface area contributed by atoms with Crippen LogP contribution in [0, 0.1) is 12.7 Å². The molecule has 18 heavy (non-hydrogen) atoms. The molecule has 1 unspecified atom stereocenters. The van der Waals surface area contributed by atoms with Gasteiger partial charge in [-0.25, -0.2) is 4.39 Å². The molecule has 1 aliphatic heterocycles. The average molecular weight is 252 g/mol. The summed E-state index contributed by atoms with van der Waals surface area (Å²) in [5, 5.41) is 0. The molecule has 1 atom stereocenters. The van der Waals surface area contributed by atoms with E-state index in [-0.39, 0.29) is 12.1 Å². The first-order valence-corrected chi connectivity index (χ1v) is 6.78. The number of aryl methyl sites for hydroxylation is 2. The van der Waals surface area contributed by atoms with Crippen molar-refractivity contribution >= 4 is 0 Å². The molecule has 1 saturated heterocycles. The van der Waals surface area contributed by atoms with Crippen molar-refractivity contribution < 1.29 is 13.9 Å². The second-order valence-corrected chi connectivity index (χ2v) is 4.87. The first kappa shape index (κ1) is 13.3. The Morgan fingerprint density at radius 1 is 1.39 bits per heavy atom. The largest absolute Gasteiger partial charge is 0.462 e. The van der Waals surface area contributed by atoms with Crippen LogP contribution in [0.4, 0.5) is 4.39 Å². The van der Waals surface area contributed by atoms with Gasteiger partial charge in [-0.3, -0.25) is 0 Å². The minimum absolute atomic E-state index is 0.287. The van der Waals surface area contributed by atoms with Gasteiger partial charge in [0.25, 0.3) is 0 Å². The molecule has 0 bridgehead atoms. The fraction of sp³-hybridized carbons (Fsp3) is 0.600. The summed E-state index contributed by atoms with van der Waals surface area (Å²) in [6.07, 6.45) is 4.71. The van der Waals surface area contributed by atoms with Crippen LogP contribution in [-0.2, 0) is 11.2 Å². The lowest BCUT2D eigenvalue weighted by molar-refractivity contribution is -0.107. The van der Waals surface area contributed by atoms with Crippen molar-refractivity contribution in [2.24, 2.45) is 0 Å². The van der Waals surface area contributed by atoms with Crippen LogP contribution in [-0.4, -0.2) is 12.9 Å². The summed E-state index contributed by atoms with van der Waals surface area (Å²) in [4.78, 5) is 0. The first-order valence-electron chi connectivity index (χ1n) is 6.78. The fourth-order valence-corrected chi connectivity index (χ4v) is 2.27. The van der Waals surface area contributed by atoms with Crippen LogP contribution in [0.2, 0.25) is 0 Å². The van der Waals surface area contributed by atoms with E-state index in [1.165, 1.54) is 0 Å². The van der Waals surface area contributed by atoms with Crippen molar-refractivity contribution in [2.45, 2.75) is 52.2 Å². The second kappa shape index (κ2) is 6.19. The molecular formula is C15H21FO2. The summed E-state index contributed by atoms with van der Waals surface area (Å²) in [6.45, 7) is 4.77. The molecular weight excluding hydrogens is 231 g/mol. The third-order valence-corrected chi connectivity index (χ3v) is 3.31. The van der Waals surface area contributed by atoms with Gasteiger partial charge < -0.3 is 9.47 Å². The molecule has 0 amide bonds. The molecule has 1 heterocycles. The van der Waals surface area contributed by atoms with Crippen molar-refractivity contribution in [2.75, 3.05) is 6.61 Å². The van der Waals surface area contributed by atoms with Gasteiger partial charge >= 0.3 is 0 Å². The topological polar surface area (TPSA) is 18.5 Å². The lowest BCUT2D eigenvalue weighted by atomic mass is 10.0. The van der Waals surface area contributed by atoms with Gasteiger partial charge in [-0.05, 0) is 49.4 Å². The Balaban J connectivity index is 2.12. The summed E-state index contributed by atoms with van der Waals surface area (Å²) in [5.74, 6) is 0.0393. The Kier molecular flexibility index (Phi) is 4.59. The number of benzene rings is 1. The zero-order valence-electron chi connectivity index (χ0n) is 11.2. The Morgan fingerprint density at radius 2 is 2.22 bits per heavy atom. The Bertz CT molecular complexity index is 398. The molecule has 0 aromatic heterocycles. The van der Waals surface area contributed by atoms with Crippen LogP contribution in [0.3, 0.4) is 0 Å². The van der Waals surface area contributed by atoms with Gasteiger partial charge in [0.05, 0.1) is 6.61 Å². The summed E-state index contributed by atoms with van der Waals surface area (Å²) in [7, 11) is 0.